The van der Waals surface area contributed by atoms with Crippen LogP contribution in [0, 0.1) is 0 Å². The van der Waals surface area contributed by atoms with Crippen molar-refractivity contribution in [2.75, 3.05) is 18.4 Å². The first-order valence-electron chi connectivity index (χ1n) is 8.28. The number of nitrogens with one attached hydrogen (secondary N) is 1. The molecule has 0 atom stereocenters. The molecule has 2 N–H and O–H groups in total. The Kier molecular flexibility index (Phi) is 5.83. The van der Waals surface area contributed by atoms with Crippen LogP contribution in [-0.4, -0.2) is 46.8 Å². The fourth-order valence-corrected chi connectivity index (χ4v) is 2.53. The Labute approximate surface area is 142 Å². The van der Waals surface area contributed by atoms with Gasteiger partial charge in [0.25, 0.3) is 0 Å². The van der Waals surface area contributed by atoms with Gasteiger partial charge in [0.2, 0.25) is 5.91 Å². The van der Waals surface area contributed by atoms with Crippen LogP contribution in [0.4, 0.5) is 10.5 Å². The van der Waals surface area contributed by atoms with Crippen molar-refractivity contribution < 1.29 is 19.4 Å². The largest absolute Gasteiger partial charge is 0.444 e. The number of carbonyl (C=O) groups excluding carboxylic acids is 2. The number of amides is 2. The molecule has 1 saturated heterocycles. The van der Waals surface area contributed by atoms with E-state index in [0.29, 0.717) is 38.0 Å². The van der Waals surface area contributed by atoms with Crippen LogP contribution in [0.15, 0.2) is 24.3 Å². The Morgan fingerprint density at radius 1 is 1.21 bits per heavy atom. The molecule has 0 spiro atoms. The lowest BCUT2D eigenvalue weighted by Gasteiger charge is -2.29. The lowest BCUT2D eigenvalue weighted by molar-refractivity contribution is -0.132. The molecule has 1 aliphatic rings. The van der Waals surface area contributed by atoms with Crippen molar-refractivity contribution in [2.24, 2.45) is 0 Å². The summed E-state index contributed by atoms with van der Waals surface area (Å²) in [5, 5.41) is 12.2. The van der Waals surface area contributed by atoms with Crippen LogP contribution in [0.3, 0.4) is 0 Å². The van der Waals surface area contributed by atoms with Gasteiger partial charge in [0.1, 0.15) is 5.60 Å². The van der Waals surface area contributed by atoms with Crippen molar-refractivity contribution in [3.8, 4) is 0 Å². The van der Waals surface area contributed by atoms with Crippen LogP contribution >= 0.6 is 0 Å². The summed E-state index contributed by atoms with van der Waals surface area (Å²) in [5.41, 5.74) is 0.973. The van der Waals surface area contributed by atoms with E-state index in [2.05, 4.69) is 5.32 Å². The SMILES string of the molecule is CC(C)(C)OC(=O)Nc1ccc(CC(=O)N2CCC(O)CC2)cc1. The zero-order valence-electron chi connectivity index (χ0n) is 14.5. The van der Waals surface area contributed by atoms with E-state index in [0.717, 1.165) is 5.56 Å². The van der Waals surface area contributed by atoms with E-state index < -0.39 is 11.7 Å². The maximum atomic E-state index is 12.2. The highest BCUT2D eigenvalue weighted by molar-refractivity contribution is 5.85. The molecule has 24 heavy (non-hydrogen) atoms. The number of aliphatic hydroxyl groups excluding tert-OH is 1. The summed E-state index contributed by atoms with van der Waals surface area (Å²) in [7, 11) is 0. The van der Waals surface area contributed by atoms with Gasteiger partial charge in [-0.3, -0.25) is 10.1 Å². The van der Waals surface area contributed by atoms with Crippen LogP contribution in [-0.2, 0) is 16.0 Å². The second-order valence-electron chi connectivity index (χ2n) is 7.11. The number of aliphatic hydroxyl groups is 1. The summed E-state index contributed by atoms with van der Waals surface area (Å²) >= 11 is 0. The molecule has 0 bridgehead atoms. The monoisotopic (exact) mass is 334 g/mol. The van der Waals surface area contributed by atoms with Crippen LogP contribution in [0.25, 0.3) is 0 Å². The Morgan fingerprint density at radius 2 is 1.79 bits per heavy atom. The van der Waals surface area contributed by atoms with Gasteiger partial charge in [0.05, 0.1) is 12.5 Å². The number of benzene rings is 1. The first-order valence-corrected chi connectivity index (χ1v) is 8.28. The number of hydrogen-bond donors (Lipinski definition) is 2. The van der Waals surface area contributed by atoms with Crippen molar-refractivity contribution in [3.63, 3.8) is 0 Å². The minimum atomic E-state index is -0.543. The summed E-state index contributed by atoms with van der Waals surface area (Å²) in [6.45, 7) is 6.64. The van der Waals surface area contributed by atoms with Crippen molar-refractivity contribution in [2.45, 2.75) is 51.7 Å². The van der Waals surface area contributed by atoms with Gasteiger partial charge >= 0.3 is 6.09 Å². The molecular weight excluding hydrogens is 308 g/mol. The van der Waals surface area contributed by atoms with E-state index in [1.54, 1.807) is 37.8 Å². The molecule has 6 nitrogen and oxygen atoms in total. The Morgan fingerprint density at radius 3 is 2.33 bits per heavy atom. The molecule has 2 rings (SSSR count). The zero-order valence-corrected chi connectivity index (χ0v) is 14.5. The zero-order chi connectivity index (χ0) is 17.7. The van der Waals surface area contributed by atoms with E-state index in [9.17, 15) is 14.7 Å². The molecule has 0 aliphatic carbocycles. The number of anilines is 1. The summed E-state index contributed by atoms with van der Waals surface area (Å²) < 4.78 is 5.19. The van der Waals surface area contributed by atoms with Gasteiger partial charge in [-0.1, -0.05) is 12.1 Å². The molecule has 0 radical (unpaired) electrons. The number of rotatable bonds is 3. The predicted octanol–water partition coefficient (Wildman–Crippen LogP) is 2.56. The highest BCUT2D eigenvalue weighted by Gasteiger charge is 2.21. The molecule has 0 aromatic heterocycles. The van der Waals surface area contributed by atoms with E-state index >= 15 is 0 Å². The van der Waals surface area contributed by atoms with Gasteiger partial charge in [0, 0.05) is 18.8 Å². The Bertz CT molecular complexity index is 570. The molecule has 0 saturated carbocycles. The predicted molar refractivity (Wildman–Crippen MR) is 91.8 cm³/mol. The first kappa shape index (κ1) is 18.3. The van der Waals surface area contributed by atoms with Crippen LogP contribution in [0.1, 0.15) is 39.2 Å². The standard InChI is InChI=1S/C18H26N2O4/c1-18(2,3)24-17(23)19-14-6-4-13(5-7-14)12-16(22)20-10-8-15(21)9-11-20/h4-7,15,21H,8-12H2,1-3H3,(H,19,23). The summed E-state index contributed by atoms with van der Waals surface area (Å²) in [6.07, 6.45) is 0.822. The lowest BCUT2D eigenvalue weighted by Crippen LogP contribution is -2.40. The fourth-order valence-electron chi connectivity index (χ4n) is 2.53. The molecule has 1 aliphatic heterocycles. The number of likely N-dealkylation sites (tertiary alicyclic amines) is 1. The first-order chi connectivity index (χ1) is 11.2. The molecule has 6 heteroatoms. The molecule has 132 valence electrons. The summed E-state index contributed by atoms with van der Waals surface area (Å²) in [6, 6.07) is 7.16. The summed E-state index contributed by atoms with van der Waals surface area (Å²) in [5.74, 6) is 0.0646. The maximum absolute atomic E-state index is 12.2. The van der Waals surface area contributed by atoms with Gasteiger partial charge in [-0.25, -0.2) is 4.79 Å². The average molecular weight is 334 g/mol. The van der Waals surface area contributed by atoms with Gasteiger partial charge in [-0.15, -0.1) is 0 Å². The lowest BCUT2D eigenvalue weighted by atomic mass is 10.1. The maximum Gasteiger partial charge on any atom is 0.412 e. The van der Waals surface area contributed by atoms with E-state index in [1.165, 1.54) is 0 Å². The minimum Gasteiger partial charge on any atom is -0.444 e. The molecule has 1 aromatic carbocycles. The Hall–Kier alpha value is -2.08. The number of hydrogen-bond acceptors (Lipinski definition) is 4. The molecular formula is C18H26N2O4. The average Bonchev–Trinajstić information content (AvgIpc) is 2.48. The second kappa shape index (κ2) is 7.66. The van der Waals surface area contributed by atoms with Crippen LogP contribution in [0.5, 0.6) is 0 Å². The van der Waals surface area contributed by atoms with Crippen molar-refractivity contribution in [3.05, 3.63) is 29.8 Å². The Balaban J connectivity index is 1.85. The third-order valence-electron chi connectivity index (χ3n) is 3.77. The number of ether oxygens (including phenoxy) is 1. The number of piperidine rings is 1. The van der Waals surface area contributed by atoms with Gasteiger partial charge in [0.15, 0.2) is 0 Å². The quantitative estimate of drug-likeness (QED) is 0.890. The molecule has 1 heterocycles. The van der Waals surface area contributed by atoms with Crippen molar-refractivity contribution in [1.82, 2.24) is 4.90 Å². The molecule has 0 unspecified atom stereocenters. The highest BCUT2D eigenvalue weighted by atomic mass is 16.6. The van der Waals surface area contributed by atoms with E-state index in [-0.39, 0.29) is 12.0 Å². The van der Waals surface area contributed by atoms with Crippen LogP contribution < -0.4 is 5.32 Å². The smallest absolute Gasteiger partial charge is 0.412 e. The third-order valence-corrected chi connectivity index (χ3v) is 3.77. The van der Waals surface area contributed by atoms with Gasteiger partial charge in [-0.2, -0.15) is 0 Å². The topological polar surface area (TPSA) is 78.9 Å². The van der Waals surface area contributed by atoms with E-state index in [4.69, 9.17) is 4.74 Å². The third kappa shape index (κ3) is 5.85. The number of carbonyl (C=O) groups is 2. The molecule has 1 fully saturated rings. The van der Waals surface area contributed by atoms with Crippen LogP contribution in [0.2, 0.25) is 0 Å². The van der Waals surface area contributed by atoms with Gasteiger partial charge in [-0.05, 0) is 51.3 Å². The van der Waals surface area contributed by atoms with Crippen molar-refractivity contribution >= 4 is 17.7 Å². The second-order valence-corrected chi connectivity index (χ2v) is 7.11. The highest BCUT2D eigenvalue weighted by Crippen LogP contribution is 2.15. The number of nitrogens with zero attached hydrogens (tertiary/aromatic N) is 1. The fraction of sp³-hybridized carbons (Fsp3) is 0.556. The van der Waals surface area contributed by atoms with Gasteiger partial charge < -0.3 is 14.7 Å². The van der Waals surface area contributed by atoms with E-state index in [1.807, 2.05) is 12.1 Å². The van der Waals surface area contributed by atoms with Crippen molar-refractivity contribution in [1.29, 1.82) is 0 Å². The minimum absolute atomic E-state index is 0.0646. The summed E-state index contributed by atoms with van der Waals surface area (Å²) in [4.78, 5) is 25.7. The molecule has 1 aromatic rings. The molecule has 2 amide bonds. The normalized spacial score (nSPS) is 15.9.